The molecule has 1 aliphatic carbocycles. The molecule has 1 aliphatic rings. The standard InChI is InChI=1S/C17H22N6O3S/c1-11(15(25)19-16(26)18-12-5-3-2-4-6-12)27-17-20-21-22-23(17)13-7-9-14(24)10-8-13/h7-12,24H,2-6H2,1H3,(H2,18,19,25,26)/t11-/m1/s1. The first kappa shape index (κ1) is 19.2. The maximum atomic E-state index is 12.3. The number of aromatic nitrogens is 4. The van der Waals surface area contributed by atoms with Crippen molar-refractivity contribution < 1.29 is 14.7 Å². The van der Waals surface area contributed by atoms with Crippen LogP contribution in [0.15, 0.2) is 29.4 Å². The van der Waals surface area contributed by atoms with Gasteiger partial charge in [0.1, 0.15) is 5.75 Å². The quantitative estimate of drug-likeness (QED) is 0.668. The van der Waals surface area contributed by atoms with Crippen molar-refractivity contribution in [3.63, 3.8) is 0 Å². The molecule has 1 saturated carbocycles. The number of carbonyl (C=O) groups is 2. The molecule has 9 nitrogen and oxygen atoms in total. The minimum Gasteiger partial charge on any atom is -0.508 e. The molecule has 0 saturated heterocycles. The number of hydrogen-bond acceptors (Lipinski definition) is 7. The molecular weight excluding hydrogens is 368 g/mol. The Morgan fingerprint density at radius 2 is 1.93 bits per heavy atom. The second-order valence-corrected chi connectivity index (χ2v) is 7.76. The number of nitrogens with zero attached hydrogens (tertiary/aromatic N) is 4. The summed E-state index contributed by atoms with van der Waals surface area (Å²) in [5, 5.41) is 26.0. The fourth-order valence-electron chi connectivity index (χ4n) is 2.90. The van der Waals surface area contributed by atoms with Crippen LogP contribution in [-0.4, -0.2) is 48.5 Å². The van der Waals surface area contributed by atoms with E-state index in [-0.39, 0.29) is 11.8 Å². The van der Waals surface area contributed by atoms with Crippen molar-refractivity contribution >= 4 is 23.7 Å². The molecule has 2 aromatic rings. The lowest BCUT2D eigenvalue weighted by atomic mass is 9.96. The molecule has 0 spiro atoms. The Morgan fingerprint density at radius 3 is 2.63 bits per heavy atom. The minimum atomic E-state index is -0.566. The number of thioether (sulfide) groups is 1. The summed E-state index contributed by atoms with van der Waals surface area (Å²) in [5.41, 5.74) is 0.656. The predicted octanol–water partition coefficient (Wildman–Crippen LogP) is 2.01. The average Bonchev–Trinajstić information content (AvgIpc) is 3.11. The van der Waals surface area contributed by atoms with Gasteiger partial charge in [-0.05, 0) is 54.5 Å². The summed E-state index contributed by atoms with van der Waals surface area (Å²) in [5.74, 6) is -0.272. The number of phenols is 1. The lowest BCUT2D eigenvalue weighted by Gasteiger charge is -2.23. The van der Waals surface area contributed by atoms with Crippen LogP contribution >= 0.6 is 11.8 Å². The van der Waals surface area contributed by atoms with Crippen LogP contribution in [0.2, 0.25) is 0 Å². The minimum absolute atomic E-state index is 0.135. The monoisotopic (exact) mass is 390 g/mol. The number of nitrogens with one attached hydrogen (secondary N) is 2. The molecular formula is C17H22N6O3S. The zero-order chi connectivity index (χ0) is 19.2. The molecule has 1 aromatic carbocycles. The normalized spacial score (nSPS) is 15.9. The molecule has 3 rings (SSSR count). The van der Waals surface area contributed by atoms with Crippen LogP contribution in [0.25, 0.3) is 5.69 Å². The molecule has 0 radical (unpaired) electrons. The summed E-state index contributed by atoms with van der Waals surface area (Å²) in [6, 6.07) is 6.05. The van der Waals surface area contributed by atoms with E-state index in [0.717, 1.165) is 37.4 Å². The number of rotatable bonds is 5. The second-order valence-electron chi connectivity index (χ2n) is 6.45. The van der Waals surface area contributed by atoms with Gasteiger partial charge in [-0.15, -0.1) is 5.10 Å². The van der Waals surface area contributed by atoms with E-state index in [4.69, 9.17) is 0 Å². The van der Waals surface area contributed by atoms with E-state index in [0.29, 0.717) is 10.8 Å². The van der Waals surface area contributed by atoms with Gasteiger partial charge < -0.3 is 10.4 Å². The molecule has 1 heterocycles. The molecule has 27 heavy (non-hydrogen) atoms. The van der Waals surface area contributed by atoms with Crippen molar-refractivity contribution in [1.29, 1.82) is 0 Å². The van der Waals surface area contributed by atoms with Gasteiger partial charge >= 0.3 is 6.03 Å². The Balaban J connectivity index is 1.56. The molecule has 10 heteroatoms. The summed E-state index contributed by atoms with van der Waals surface area (Å²) in [7, 11) is 0. The number of amides is 3. The molecule has 0 bridgehead atoms. The maximum Gasteiger partial charge on any atom is 0.321 e. The molecule has 0 aliphatic heterocycles. The molecule has 1 aromatic heterocycles. The number of imide groups is 1. The Bertz CT molecular complexity index is 788. The third-order valence-electron chi connectivity index (χ3n) is 4.36. The number of benzene rings is 1. The Morgan fingerprint density at radius 1 is 1.22 bits per heavy atom. The smallest absolute Gasteiger partial charge is 0.321 e. The SMILES string of the molecule is C[C@@H](Sc1nnnn1-c1ccc(O)cc1)C(=O)NC(=O)NC1CCCCC1. The van der Waals surface area contributed by atoms with Crippen LogP contribution in [0.4, 0.5) is 4.79 Å². The highest BCUT2D eigenvalue weighted by Gasteiger charge is 2.22. The van der Waals surface area contributed by atoms with E-state index in [1.165, 1.54) is 23.2 Å². The second kappa shape index (κ2) is 8.85. The highest BCUT2D eigenvalue weighted by molar-refractivity contribution is 8.00. The van der Waals surface area contributed by atoms with Gasteiger partial charge in [0.25, 0.3) is 0 Å². The molecule has 0 unspecified atom stereocenters. The summed E-state index contributed by atoms with van der Waals surface area (Å²) in [4.78, 5) is 24.3. The third kappa shape index (κ3) is 5.19. The van der Waals surface area contributed by atoms with E-state index < -0.39 is 17.2 Å². The topological polar surface area (TPSA) is 122 Å². The van der Waals surface area contributed by atoms with Crippen LogP contribution in [0.5, 0.6) is 5.75 Å². The number of hydrogen-bond donors (Lipinski definition) is 3. The summed E-state index contributed by atoms with van der Waals surface area (Å²) >= 11 is 1.14. The van der Waals surface area contributed by atoms with Crippen LogP contribution in [0.1, 0.15) is 39.0 Å². The van der Waals surface area contributed by atoms with Crippen LogP contribution in [0, 0.1) is 0 Å². The van der Waals surface area contributed by atoms with Gasteiger partial charge in [-0.2, -0.15) is 4.68 Å². The molecule has 1 fully saturated rings. The van der Waals surface area contributed by atoms with Crippen molar-refractivity contribution in [1.82, 2.24) is 30.8 Å². The zero-order valence-electron chi connectivity index (χ0n) is 15.0. The average molecular weight is 390 g/mol. The van der Waals surface area contributed by atoms with Crippen molar-refractivity contribution in [2.24, 2.45) is 0 Å². The van der Waals surface area contributed by atoms with Gasteiger partial charge in [0.2, 0.25) is 11.1 Å². The highest BCUT2D eigenvalue weighted by atomic mass is 32.2. The summed E-state index contributed by atoms with van der Waals surface area (Å²) in [6.45, 7) is 1.68. The van der Waals surface area contributed by atoms with E-state index in [2.05, 4.69) is 26.2 Å². The van der Waals surface area contributed by atoms with Gasteiger partial charge in [-0.1, -0.05) is 31.0 Å². The number of aromatic hydroxyl groups is 1. The first-order valence-electron chi connectivity index (χ1n) is 8.89. The lowest BCUT2D eigenvalue weighted by molar-refractivity contribution is -0.119. The number of phenolic OH excluding ortho intramolecular Hbond substituents is 1. The molecule has 1 atom stereocenters. The van der Waals surface area contributed by atoms with Crippen molar-refractivity contribution in [3.05, 3.63) is 24.3 Å². The van der Waals surface area contributed by atoms with E-state index in [1.807, 2.05) is 0 Å². The fraction of sp³-hybridized carbons (Fsp3) is 0.471. The Kier molecular flexibility index (Phi) is 6.28. The zero-order valence-corrected chi connectivity index (χ0v) is 15.8. The number of tetrazole rings is 1. The van der Waals surface area contributed by atoms with E-state index in [1.54, 1.807) is 19.1 Å². The summed E-state index contributed by atoms with van der Waals surface area (Å²) < 4.78 is 1.47. The first-order chi connectivity index (χ1) is 13.0. The highest BCUT2D eigenvalue weighted by Crippen LogP contribution is 2.24. The predicted molar refractivity (Wildman–Crippen MR) is 99.7 cm³/mol. The maximum absolute atomic E-state index is 12.3. The molecule has 3 amide bonds. The van der Waals surface area contributed by atoms with Gasteiger partial charge in [0.05, 0.1) is 10.9 Å². The Labute approximate surface area is 160 Å². The van der Waals surface area contributed by atoms with Crippen molar-refractivity contribution in [2.45, 2.75) is 55.5 Å². The number of carbonyl (C=O) groups excluding carboxylic acids is 2. The largest absolute Gasteiger partial charge is 0.508 e. The van der Waals surface area contributed by atoms with Crippen LogP contribution in [0.3, 0.4) is 0 Å². The van der Waals surface area contributed by atoms with Crippen molar-refractivity contribution in [2.75, 3.05) is 0 Å². The number of urea groups is 1. The van der Waals surface area contributed by atoms with Gasteiger partial charge in [0, 0.05) is 6.04 Å². The summed E-state index contributed by atoms with van der Waals surface area (Å²) in [6.07, 6.45) is 5.30. The van der Waals surface area contributed by atoms with Crippen molar-refractivity contribution in [3.8, 4) is 11.4 Å². The van der Waals surface area contributed by atoms with E-state index in [9.17, 15) is 14.7 Å². The van der Waals surface area contributed by atoms with Gasteiger partial charge in [-0.3, -0.25) is 10.1 Å². The first-order valence-corrected chi connectivity index (χ1v) is 9.76. The Hall–Kier alpha value is -2.62. The van der Waals surface area contributed by atoms with Crippen LogP contribution in [-0.2, 0) is 4.79 Å². The van der Waals surface area contributed by atoms with E-state index >= 15 is 0 Å². The lowest BCUT2D eigenvalue weighted by Crippen LogP contribution is -2.47. The molecule has 144 valence electrons. The van der Waals surface area contributed by atoms with Gasteiger partial charge in [0.15, 0.2) is 0 Å². The third-order valence-corrected chi connectivity index (χ3v) is 5.40. The fourth-order valence-corrected chi connectivity index (χ4v) is 3.71. The van der Waals surface area contributed by atoms with Gasteiger partial charge in [-0.25, -0.2) is 4.79 Å². The molecule has 3 N–H and O–H groups in total. The van der Waals surface area contributed by atoms with Crippen LogP contribution < -0.4 is 10.6 Å².